The molecule has 0 aliphatic carbocycles. The van der Waals surface area contributed by atoms with Crippen molar-refractivity contribution in [3.63, 3.8) is 0 Å². The maximum absolute atomic E-state index is 13.7. The van der Waals surface area contributed by atoms with E-state index in [2.05, 4.69) is 15.9 Å². The number of methoxy groups -OCH3 is 1. The van der Waals surface area contributed by atoms with Gasteiger partial charge in [-0.2, -0.15) is 0 Å². The quantitative estimate of drug-likeness (QED) is 0.698. The minimum atomic E-state index is -1.20. The normalized spacial score (nSPS) is 20.5. The van der Waals surface area contributed by atoms with Gasteiger partial charge < -0.3 is 9.47 Å². The number of halogens is 2. The first-order valence-corrected chi connectivity index (χ1v) is 8.91. The van der Waals surface area contributed by atoms with Crippen LogP contribution in [0.5, 0.6) is 0 Å². The third kappa shape index (κ3) is 4.32. The van der Waals surface area contributed by atoms with Crippen molar-refractivity contribution in [2.45, 2.75) is 51.2 Å². The van der Waals surface area contributed by atoms with Gasteiger partial charge >= 0.3 is 12.1 Å². The Hall–Kier alpha value is -1.63. The Kier molecular flexibility index (Phi) is 5.76. The molecule has 7 heteroatoms. The molecular weight excluding hydrogens is 393 g/mol. The summed E-state index contributed by atoms with van der Waals surface area (Å²) in [5.74, 6) is -0.924. The van der Waals surface area contributed by atoms with Crippen molar-refractivity contribution in [3.8, 4) is 0 Å². The predicted molar refractivity (Wildman–Crippen MR) is 94.7 cm³/mol. The van der Waals surface area contributed by atoms with Crippen LogP contribution in [-0.2, 0) is 20.7 Å². The average molecular weight is 416 g/mol. The molecule has 1 amide bonds. The number of ether oxygens (including phenoxy) is 2. The SMILES string of the molecule is COC(=O)C1(Cc2cc(F)ccc2Br)CCCN1C(=O)OC(C)(C)C. The highest BCUT2D eigenvalue weighted by Gasteiger charge is 2.52. The lowest BCUT2D eigenvalue weighted by Gasteiger charge is -2.37. The summed E-state index contributed by atoms with van der Waals surface area (Å²) in [5.41, 5.74) is -1.28. The van der Waals surface area contributed by atoms with Gasteiger partial charge in [0, 0.05) is 17.4 Å². The van der Waals surface area contributed by atoms with Crippen LogP contribution in [0.4, 0.5) is 9.18 Å². The van der Waals surface area contributed by atoms with Gasteiger partial charge in [-0.3, -0.25) is 4.90 Å². The molecule has 2 rings (SSSR count). The molecule has 1 aliphatic heterocycles. The van der Waals surface area contributed by atoms with E-state index >= 15 is 0 Å². The van der Waals surface area contributed by atoms with Crippen molar-refractivity contribution >= 4 is 28.0 Å². The van der Waals surface area contributed by atoms with Crippen molar-refractivity contribution in [1.29, 1.82) is 0 Å². The molecule has 0 radical (unpaired) electrons. The molecule has 1 unspecified atom stereocenters. The van der Waals surface area contributed by atoms with Crippen LogP contribution in [0.25, 0.3) is 0 Å². The molecular formula is C18H23BrFNO4. The summed E-state index contributed by atoms with van der Waals surface area (Å²) < 4.78 is 24.8. The maximum Gasteiger partial charge on any atom is 0.411 e. The zero-order valence-electron chi connectivity index (χ0n) is 14.9. The second kappa shape index (κ2) is 7.32. The minimum Gasteiger partial charge on any atom is -0.467 e. The highest BCUT2D eigenvalue weighted by atomic mass is 79.9. The van der Waals surface area contributed by atoms with Crippen LogP contribution in [0.15, 0.2) is 22.7 Å². The van der Waals surface area contributed by atoms with E-state index < -0.39 is 29.0 Å². The summed E-state index contributed by atoms with van der Waals surface area (Å²) in [6.45, 7) is 5.69. The summed E-state index contributed by atoms with van der Waals surface area (Å²) in [6, 6.07) is 4.28. The third-order valence-corrected chi connectivity index (χ3v) is 4.93. The molecule has 1 aromatic carbocycles. The van der Waals surface area contributed by atoms with Crippen LogP contribution in [-0.4, -0.2) is 41.8 Å². The van der Waals surface area contributed by atoms with E-state index in [0.717, 1.165) is 0 Å². The largest absolute Gasteiger partial charge is 0.467 e. The fourth-order valence-corrected chi connectivity index (χ4v) is 3.50. The summed E-state index contributed by atoms with van der Waals surface area (Å²) in [7, 11) is 1.29. The van der Waals surface area contributed by atoms with Crippen molar-refractivity contribution in [2.75, 3.05) is 13.7 Å². The van der Waals surface area contributed by atoms with Gasteiger partial charge in [-0.05, 0) is 57.4 Å². The molecule has 25 heavy (non-hydrogen) atoms. The molecule has 0 spiro atoms. The number of carbonyl (C=O) groups excluding carboxylic acids is 2. The number of benzene rings is 1. The summed E-state index contributed by atoms with van der Waals surface area (Å²) in [5, 5.41) is 0. The van der Waals surface area contributed by atoms with E-state index in [1.807, 2.05) is 0 Å². The van der Waals surface area contributed by atoms with Gasteiger partial charge in [0.05, 0.1) is 7.11 Å². The number of amides is 1. The Morgan fingerprint density at radius 1 is 1.36 bits per heavy atom. The molecule has 5 nitrogen and oxygen atoms in total. The predicted octanol–water partition coefficient (Wildman–Crippen LogP) is 4.07. The van der Waals surface area contributed by atoms with Gasteiger partial charge in [0.2, 0.25) is 0 Å². The zero-order chi connectivity index (χ0) is 18.8. The van der Waals surface area contributed by atoms with Crippen molar-refractivity contribution in [1.82, 2.24) is 4.90 Å². The summed E-state index contributed by atoms with van der Waals surface area (Å²) in [4.78, 5) is 26.7. The van der Waals surface area contributed by atoms with Crippen molar-refractivity contribution < 1.29 is 23.5 Å². The lowest BCUT2D eigenvalue weighted by molar-refractivity contribution is -0.153. The monoisotopic (exact) mass is 415 g/mol. The van der Waals surface area contributed by atoms with Gasteiger partial charge in [-0.25, -0.2) is 14.0 Å². The number of hydrogen-bond acceptors (Lipinski definition) is 4. The molecule has 1 fully saturated rings. The lowest BCUT2D eigenvalue weighted by Crippen LogP contribution is -2.56. The Morgan fingerprint density at radius 3 is 2.64 bits per heavy atom. The molecule has 1 atom stereocenters. The number of carbonyl (C=O) groups is 2. The Balaban J connectivity index is 2.41. The second-order valence-corrected chi connectivity index (χ2v) is 8.03. The Labute approximate surface area is 155 Å². The number of rotatable bonds is 3. The van der Waals surface area contributed by atoms with Crippen LogP contribution in [0, 0.1) is 5.82 Å². The Bertz CT molecular complexity index is 674. The van der Waals surface area contributed by atoms with Gasteiger partial charge in [0.25, 0.3) is 0 Å². The minimum absolute atomic E-state index is 0.150. The first-order chi connectivity index (χ1) is 11.6. The number of hydrogen-bond donors (Lipinski definition) is 0. The van der Waals surface area contributed by atoms with E-state index in [4.69, 9.17) is 9.47 Å². The molecule has 1 aliphatic rings. The average Bonchev–Trinajstić information content (AvgIpc) is 2.93. The van der Waals surface area contributed by atoms with Gasteiger partial charge in [0.15, 0.2) is 0 Å². The molecule has 0 N–H and O–H groups in total. The fourth-order valence-electron chi connectivity index (χ4n) is 3.11. The smallest absolute Gasteiger partial charge is 0.411 e. The van der Waals surface area contributed by atoms with Crippen LogP contribution in [0.1, 0.15) is 39.2 Å². The Morgan fingerprint density at radius 2 is 2.04 bits per heavy atom. The molecule has 0 aromatic heterocycles. The van der Waals surface area contributed by atoms with Crippen molar-refractivity contribution in [3.05, 3.63) is 34.1 Å². The molecule has 1 heterocycles. The topological polar surface area (TPSA) is 55.8 Å². The fraction of sp³-hybridized carbons (Fsp3) is 0.556. The van der Waals surface area contributed by atoms with Crippen molar-refractivity contribution in [2.24, 2.45) is 0 Å². The molecule has 1 aromatic rings. The zero-order valence-corrected chi connectivity index (χ0v) is 16.5. The molecule has 0 bridgehead atoms. The van der Waals surface area contributed by atoms with E-state index in [0.29, 0.717) is 29.4 Å². The summed E-state index contributed by atoms with van der Waals surface area (Å²) >= 11 is 3.39. The molecule has 0 saturated carbocycles. The highest BCUT2D eigenvalue weighted by molar-refractivity contribution is 9.10. The maximum atomic E-state index is 13.7. The van der Waals surface area contributed by atoms with Crippen LogP contribution < -0.4 is 0 Å². The number of nitrogens with zero attached hydrogens (tertiary/aromatic N) is 1. The molecule has 138 valence electrons. The molecule has 1 saturated heterocycles. The van der Waals surface area contributed by atoms with E-state index in [-0.39, 0.29) is 6.42 Å². The van der Waals surface area contributed by atoms with E-state index in [1.165, 1.54) is 24.1 Å². The lowest BCUT2D eigenvalue weighted by atomic mass is 9.88. The van der Waals surface area contributed by atoms with Crippen LogP contribution in [0.3, 0.4) is 0 Å². The standard InChI is InChI=1S/C18H23BrFNO4/c1-17(2,3)25-16(23)21-9-5-8-18(21,15(22)24-4)11-12-10-13(20)6-7-14(12)19/h6-7,10H,5,8-9,11H2,1-4H3. The highest BCUT2D eigenvalue weighted by Crippen LogP contribution is 2.37. The number of esters is 1. The van der Waals surface area contributed by atoms with E-state index in [9.17, 15) is 14.0 Å². The third-order valence-electron chi connectivity index (χ3n) is 4.16. The van der Waals surface area contributed by atoms with Crippen LogP contribution >= 0.6 is 15.9 Å². The van der Waals surface area contributed by atoms with Gasteiger partial charge in [-0.15, -0.1) is 0 Å². The first kappa shape index (κ1) is 19.7. The number of likely N-dealkylation sites (tertiary alicyclic amines) is 1. The van der Waals surface area contributed by atoms with Gasteiger partial charge in [0.1, 0.15) is 17.0 Å². The van der Waals surface area contributed by atoms with Gasteiger partial charge in [-0.1, -0.05) is 15.9 Å². The summed E-state index contributed by atoms with van der Waals surface area (Å²) in [6.07, 6.45) is 0.656. The van der Waals surface area contributed by atoms with Crippen LogP contribution in [0.2, 0.25) is 0 Å². The van der Waals surface area contributed by atoms with E-state index in [1.54, 1.807) is 26.8 Å². The second-order valence-electron chi connectivity index (χ2n) is 7.17. The first-order valence-electron chi connectivity index (χ1n) is 8.12.